The smallest absolute Gasteiger partial charge is 0.222 e. The molecule has 1 heterocycles. The fourth-order valence-corrected chi connectivity index (χ4v) is 3.90. The molecule has 0 aromatic heterocycles. The van der Waals surface area contributed by atoms with Crippen molar-refractivity contribution in [2.24, 2.45) is 4.99 Å². The maximum Gasteiger partial charge on any atom is 0.222 e. The monoisotopic (exact) mass is 575 g/mol. The number of rotatable bonds is 11. The number of amides is 1. The molecule has 0 saturated carbocycles. The summed E-state index contributed by atoms with van der Waals surface area (Å²) in [6.07, 6.45) is 4.90. The Balaban J connectivity index is 0.00000544. The number of hydrogen-bond donors (Lipinski definition) is 2. The summed E-state index contributed by atoms with van der Waals surface area (Å²) in [6.45, 7) is 5.92. The lowest BCUT2D eigenvalue weighted by Gasteiger charge is -2.25. The fraction of sp³-hybridized carbons (Fsp3) is 0.667. The Morgan fingerprint density at radius 1 is 1.15 bits per heavy atom. The molecule has 1 aromatic carbocycles. The Morgan fingerprint density at radius 2 is 1.91 bits per heavy atom. The molecule has 0 aliphatic carbocycles. The maximum atomic E-state index is 12.2. The molecule has 1 amide bonds. The molecule has 1 aliphatic rings. The van der Waals surface area contributed by atoms with Crippen LogP contribution < -0.4 is 20.1 Å². The number of benzene rings is 1. The minimum atomic E-state index is 0. The van der Waals surface area contributed by atoms with Crippen molar-refractivity contribution in [1.29, 1.82) is 0 Å². The van der Waals surface area contributed by atoms with E-state index in [2.05, 4.69) is 42.6 Å². The number of nitrogens with one attached hydrogen (secondary N) is 2. The molecule has 0 bridgehead atoms. The average Bonchev–Trinajstić information content (AvgIpc) is 3.00. The zero-order valence-corrected chi connectivity index (χ0v) is 23.2. The quantitative estimate of drug-likeness (QED) is 0.183. The summed E-state index contributed by atoms with van der Waals surface area (Å²) in [6, 6.07) is 6.10. The Kier molecular flexibility index (Phi) is 14.2. The molecule has 1 aliphatic heterocycles. The number of hydrogen-bond acceptors (Lipinski definition) is 5. The third-order valence-corrected chi connectivity index (χ3v) is 5.75. The molecule has 9 heteroatoms. The van der Waals surface area contributed by atoms with E-state index in [9.17, 15) is 4.79 Å². The van der Waals surface area contributed by atoms with E-state index in [0.717, 1.165) is 69.1 Å². The number of methoxy groups -OCH3 is 2. The average molecular weight is 576 g/mol. The number of carbonyl (C=O) groups excluding carboxylic acids is 1. The van der Waals surface area contributed by atoms with Crippen LogP contribution in [0.5, 0.6) is 11.5 Å². The van der Waals surface area contributed by atoms with Crippen molar-refractivity contribution in [2.45, 2.75) is 45.1 Å². The highest BCUT2D eigenvalue weighted by atomic mass is 127. The molecule has 1 unspecified atom stereocenters. The molecule has 2 N–H and O–H groups in total. The van der Waals surface area contributed by atoms with Gasteiger partial charge in [-0.15, -0.1) is 24.0 Å². The van der Waals surface area contributed by atoms with Gasteiger partial charge in [-0.05, 0) is 58.0 Å². The van der Waals surface area contributed by atoms with E-state index in [1.807, 2.05) is 17.0 Å². The molecule has 1 fully saturated rings. The standard InChI is InChI=1S/C24H41N5O3.HI/c1-6-25-24(26-14-10-16-29-15-9-7-8-11-23(29)30)27-18-20(28(2)3)19-12-13-21(31-4)22(17-19)32-5;/h12-13,17,20H,6-11,14-16,18H2,1-5H3,(H2,25,26,27);1H. The minimum Gasteiger partial charge on any atom is -0.493 e. The molecule has 0 spiro atoms. The SMILES string of the molecule is CCNC(=NCC(c1ccc(OC)c(OC)c1)N(C)C)NCCCN1CCCCCC1=O.I. The number of ether oxygens (including phenoxy) is 2. The lowest BCUT2D eigenvalue weighted by molar-refractivity contribution is -0.130. The summed E-state index contributed by atoms with van der Waals surface area (Å²) in [5, 5.41) is 6.74. The molecule has 2 rings (SSSR count). The Labute approximate surface area is 216 Å². The van der Waals surface area contributed by atoms with E-state index >= 15 is 0 Å². The maximum absolute atomic E-state index is 12.2. The number of guanidine groups is 1. The van der Waals surface area contributed by atoms with E-state index in [4.69, 9.17) is 14.5 Å². The number of halogens is 1. The van der Waals surface area contributed by atoms with Gasteiger partial charge in [0.1, 0.15) is 0 Å². The topological polar surface area (TPSA) is 78.4 Å². The number of aliphatic imine (C=N–C) groups is 1. The van der Waals surface area contributed by atoms with Crippen molar-refractivity contribution < 1.29 is 14.3 Å². The highest BCUT2D eigenvalue weighted by molar-refractivity contribution is 14.0. The Bertz CT molecular complexity index is 745. The second kappa shape index (κ2) is 16.0. The van der Waals surface area contributed by atoms with Crippen molar-refractivity contribution in [3.8, 4) is 11.5 Å². The van der Waals surface area contributed by atoms with E-state index in [0.29, 0.717) is 24.6 Å². The zero-order chi connectivity index (χ0) is 23.3. The van der Waals surface area contributed by atoms with Crippen molar-refractivity contribution >= 4 is 35.8 Å². The highest BCUT2D eigenvalue weighted by Gasteiger charge is 2.18. The van der Waals surface area contributed by atoms with Crippen LogP contribution in [0.15, 0.2) is 23.2 Å². The molecule has 0 radical (unpaired) electrons. The van der Waals surface area contributed by atoms with E-state index < -0.39 is 0 Å². The molecule has 8 nitrogen and oxygen atoms in total. The lowest BCUT2D eigenvalue weighted by Crippen LogP contribution is -2.40. The van der Waals surface area contributed by atoms with Gasteiger partial charge in [-0.3, -0.25) is 9.79 Å². The molecular formula is C24H42IN5O3. The van der Waals surface area contributed by atoms with E-state index in [1.165, 1.54) is 0 Å². The first kappa shape index (κ1) is 29.3. The van der Waals surface area contributed by atoms with E-state index in [-0.39, 0.29) is 30.0 Å². The molecule has 33 heavy (non-hydrogen) atoms. The van der Waals surface area contributed by atoms with Gasteiger partial charge >= 0.3 is 0 Å². The van der Waals surface area contributed by atoms with Crippen LogP contribution in [0.1, 0.15) is 50.6 Å². The molecule has 1 atom stereocenters. The normalized spacial score (nSPS) is 15.5. The summed E-state index contributed by atoms with van der Waals surface area (Å²) in [4.78, 5) is 21.1. The zero-order valence-electron chi connectivity index (χ0n) is 20.9. The molecule has 188 valence electrons. The third-order valence-electron chi connectivity index (χ3n) is 5.75. The second-order valence-corrected chi connectivity index (χ2v) is 8.29. The van der Waals surface area contributed by atoms with Crippen LogP contribution in [0.3, 0.4) is 0 Å². The number of nitrogens with zero attached hydrogens (tertiary/aromatic N) is 3. The first-order chi connectivity index (χ1) is 15.5. The number of carbonyl (C=O) groups is 1. The summed E-state index contributed by atoms with van der Waals surface area (Å²) >= 11 is 0. The molecule has 1 aromatic rings. The molecular weight excluding hydrogens is 533 g/mol. The lowest BCUT2D eigenvalue weighted by atomic mass is 10.1. The predicted molar refractivity (Wildman–Crippen MR) is 145 cm³/mol. The largest absolute Gasteiger partial charge is 0.493 e. The van der Waals surface area contributed by atoms with Crippen molar-refractivity contribution in [2.75, 3.05) is 61.0 Å². The van der Waals surface area contributed by atoms with Gasteiger partial charge in [-0.2, -0.15) is 0 Å². The van der Waals surface area contributed by atoms with Crippen molar-refractivity contribution in [1.82, 2.24) is 20.4 Å². The van der Waals surface area contributed by atoms with Gasteiger partial charge in [0.15, 0.2) is 17.5 Å². The van der Waals surface area contributed by atoms with Crippen LogP contribution in [0, 0.1) is 0 Å². The van der Waals surface area contributed by atoms with Gasteiger partial charge in [0.25, 0.3) is 0 Å². The van der Waals surface area contributed by atoms with E-state index in [1.54, 1.807) is 14.2 Å². The Hall–Kier alpha value is -1.75. The summed E-state index contributed by atoms with van der Waals surface area (Å²) in [5.74, 6) is 2.53. The van der Waals surface area contributed by atoms with Crippen LogP contribution in [-0.4, -0.2) is 82.7 Å². The van der Waals surface area contributed by atoms with Crippen LogP contribution in [0.2, 0.25) is 0 Å². The summed E-state index contributed by atoms with van der Waals surface area (Å²) in [7, 11) is 7.39. The molecule has 1 saturated heterocycles. The third kappa shape index (κ3) is 9.56. The van der Waals surface area contributed by atoms with Crippen molar-refractivity contribution in [3.05, 3.63) is 23.8 Å². The highest BCUT2D eigenvalue weighted by Crippen LogP contribution is 2.31. The van der Waals surface area contributed by atoms with Gasteiger partial charge in [0.05, 0.1) is 26.8 Å². The van der Waals surface area contributed by atoms with Gasteiger partial charge in [0, 0.05) is 32.6 Å². The number of likely N-dealkylation sites (N-methyl/N-ethyl adjacent to an activating group) is 1. The van der Waals surface area contributed by atoms with Gasteiger partial charge in [-0.1, -0.05) is 12.5 Å². The first-order valence-corrected chi connectivity index (χ1v) is 11.7. The van der Waals surface area contributed by atoms with Crippen LogP contribution in [0.25, 0.3) is 0 Å². The van der Waals surface area contributed by atoms with Gasteiger partial charge < -0.3 is 29.9 Å². The Morgan fingerprint density at radius 3 is 2.58 bits per heavy atom. The second-order valence-electron chi connectivity index (χ2n) is 8.29. The predicted octanol–water partition coefficient (Wildman–Crippen LogP) is 3.27. The number of likely N-dealkylation sites (tertiary alicyclic amines) is 1. The summed E-state index contributed by atoms with van der Waals surface area (Å²) < 4.78 is 10.8. The van der Waals surface area contributed by atoms with Crippen molar-refractivity contribution in [3.63, 3.8) is 0 Å². The van der Waals surface area contributed by atoms with Gasteiger partial charge in [-0.25, -0.2) is 0 Å². The van der Waals surface area contributed by atoms with Gasteiger partial charge in [0.2, 0.25) is 5.91 Å². The van der Waals surface area contributed by atoms with Crippen LogP contribution in [-0.2, 0) is 4.79 Å². The first-order valence-electron chi connectivity index (χ1n) is 11.7. The van der Waals surface area contributed by atoms with Crippen LogP contribution in [0.4, 0.5) is 0 Å². The van der Waals surface area contributed by atoms with Crippen LogP contribution >= 0.6 is 24.0 Å². The fourth-order valence-electron chi connectivity index (χ4n) is 3.90. The summed E-state index contributed by atoms with van der Waals surface area (Å²) in [5.41, 5.74) is 1.12. The minimum absolute atomic E-state index is 0.